The fourth-order valence-electron chi connectivity index (χ4n) is 2.72. The van der Waals surface area contributed by atoms with Crippen LogP contribution in [0, 0.1) is 32.1 Å². The lowest BCUT2D eigenvalue weighted by molar-refractivity contribution is 0.282. The molecule has 2 aromatic heterocycles. The minimum atomic E-state index is 0.696. The lowest BCUT2D eigenvalue weighted by Gasteiger charge is -2.19. The molecule has 104 valence electrons. The van der Waals surface area contributed by atoms with Gasteiger partial charge < -0.3 is 0 Å². The number of rotatable bonds is 5. The molecule has 0 bridgehead atoms. The zero-order valence-corrected chi connectivity index (χ0v) is 12.1. The minimum Gasteiger partial charge on any atom is -0.286 e. The van der Waals surface area contributed by atoms with Crippen LogP contribution in [0.1, 0.15) is 29.9 Å². The average Bonchev–Trinajstić information content (AvgIpc) is 3.10. The number of terminal acetylenes is 1. The predicted molar refractivity (Wildman–Crippen MR) is 79.3 cm³/mol. The molecule has 0 radical (unpaired) electrons. The Morgan fingerprint density at radius 2 is 2.25 bits per heavy atom. The lowest BCUT2D eigenvalue weighted by Crippen LogP contribution is -2.26. The Labute approximate surface area is 119 Å². The number of hydrogen-bond donors (Lipinski definition) is 0. The van der Waals surface area contributed by atoms with E-state index in [1.165, 1.54) is 24.2 Å². The standard InChI is InChI=1S/C16H20N4/c1-4-7-19(10-14-5-6-14)11-15-9-17-16-18-12(2)8-13(3)20(15)16/h1,8-9,14H,5-7,10-11H2,2-3H3. The second-order valence-electron chi connectivity index (χ2n) is 5.74. The molecule has 0 aliphatic heterocycles. The molecule has 3 rings (SSSR count). The van der Waals surface area contributed by atoms with Gasteiger partial charge in [-0.25, -0.2) is 9.97 Å². The fraction of sp³-hybridized carbons (Fsp3) is 0.500. The molecule has 0 spiro atoms. The van der Waals surface area contributed by atoms with Crippen LogP contribution < -0.4 is 0 Å². The van der Waals surface area contributed by atoms with Crippen molar-refractivity contribution in [3.05, 3.63) is 29.3 Å². The van der Waals surface area contributed by atoms with E-state index in [0.717, 1.165) is 30.5 Å². The summed E-state index contributed by atoms with van der Waals surface area (Å²) in [5.74, 6) is 4.38. The van der Waals surface area contributed by atoms with Crippen molar-refractivity contribution in [2.75, 3.05) is 13.1 Å². The van der Waals surface area contributed by atoms with Crippen molar-refractivity contribution >= 4 is 5.78 Å². The molecular formula is C16H20N4. The van der Waals surface area contributed by atoms with Gasteiger partial charge in [-0.2, -0.15) is 0 Å². The second kappa shape index (κ2) is 5.26. The van der Waals surface area contributed by atoms with Gasteiger partial charge in [-0.1, -0.05) is 5.92 Å². The van der Waals surface area contributed by atoms with Gasteiger partial charge in [0.05, 0.1) is 18.4 Å². The van der Waals surface area contributed by atoms with Crippen LogP contribution in [-0.4, -0.2) is 32.4 Å². The van der Waals surface area contributed by atoms with E-state index in [4.69, 9.17) is 6.42 Å². The maximum atomic E-state index is 5.49. The summed E-state index contributed by atoms with van der Waals surface area (Å²) in [6, 6.07) is 2.09. The maximum absolute atomic E-state index is 5.49. The van der Waals surface area contributed by atoms with Gasteiger partial charge in [0.15, 0.2) is 0 Å². The molecule has 1 aliphatic rings. The molecule has 4 heteroatoms. The van der Waals surface area contributed by atoms with Crippen LogP contribution in [0.4, 0.5) is 0 Å². The molecule has 0 saturated heterocycles. The van der Waals surface area contributed by atoms with Gasteiger partial charge in [-0.3, -0.25) is 9.30 Å². The molecule has 0 unspecified atom stereocenters. The molecule has 1 fully saturated rings. The van der Waals surface area contributed by atoms with Gasteiger partial charge in [-0.15, -0.1) is 6.42 Å². The first kappa shape index (κ1) is 13.1. The highest BCUT2D eigenvalue weighted by molar-refractivity contribution is 5.35. The predicted octanol–water partition coefficient (Wildman–Crippen LogP) is 2.19. The van der Waals surface area contributed by atoms with Gasteiger partial charge in [0.2, 0.25) is 5.78 Å². The normalized spacial score (nSPS) is 14.9. The third kappa shape index (κ3) is 2.68. The number of imidazole rings is 1. The summed E-state index contributed by atoms with van der Waals surface area (Å²) in [4.78, 5) is 11.2. The highest BCUT2D eigenvalue weighted by Crippen LogP contribution is 2.30. The van der Waals surface area contributed by atoms with Crippen molar-refractivity contribution in [2.45, 2.75) is 33.2 Å². The van der Waals surface area contributed by atoms with Crippen LogP contribution in [-0.2, 0) is 6.54 Å². The molecular weight excluding hydrogens is 248 g/mol. The fourth-order valence-corrected chi connectivity index (χ4v) is 2.72. The Bertz CT molecular complexity index is 661. The van der Waals surface area contributed by atoms with Crippen molar-refractivity contribution in [3.63, 3.8) is 0 Å². The average molecular weight is 268 g/mol. The summed E-state index contributed by atoms with van der Waals surface area (Å²) in [7, 11) is 0. The Hall–Kier alpha value is -1.86. The van der Waals surface area contributed by atoms with Crippen LogP contribution in [0.15, 0.2) is 12.3 Å². The zero-order valence-electron chi connectivity index (χ0n) is 12.1. The molecule has 1 saturated carbocycles. The first-order chi connectivity index (χ1) is 9.67. The van der Waals surface area contributed by atoms with Crippen molar-refractivity contribution in [1.82, 2.24) is 19.3 Å². The summed E-state index contributed by atoms with van der Waals surface area (Å²) < 4.78 is 2.13. The van der Waals surface area contributed by atoms with Crippen molar-refractivity contribution < 1.29 is 0 Å². The smallest absolute Gasteiger partial charge is 0.234 e. The molecule has 0 amide bonds. The number of aromatic nitrogens is 3. The summed E-state index contributed by atoms with van der Waals surface area (Å²) >= 11 is 0. The van der Waals surface area contributed by atoms with E-state index in [0.29, 0.717) is 6.54 Å². The van der Waals surface area contributed by atoms with E-state index in [9.17, 15) is 0 Å². The molecule has 0 atom stereocenters. The van der Waals surface area contributed by atoms with Gasteiger partial charge in [0, 0.05) is 24.5 Å². The van der Waals surface area contributed by atoms with E-state index in [1.807, 2.05) is 13.1 Å². The Balaban J connectivity index is 1.87. The number of aryl methyl sites for hydroxylation is 2. The molecule has 0 N–H and O–H groups in total. The summed E-state index contributed by atoms with van der Waals surface area (Å²) in [6.07, 6.45) is 10.1. The second-order valence-corrected chi connectivity index (χ2v) is 5.74. The van der Waals surface area contributed by atoms with E-state index in [1.54, 1.807) is 0 Å². The number of fused-ring (bicyclic) bond motifs is 1. The minimum absolute atomic E-state index is 0.696. The third-order valence-electron chi connectivity index (χ3n) is 3.78. The third-order valence-corrected chi connectivity index (χ3v) is 3.78. The first-order valence-electron chi connectivity index (χ1n) is 7.14. The molecule has 2 aromatic rings. The van der Waals surface area contributed by atoms with Crippen molar-refractivity contribution in [3.8, 4) is 12.3 Å². The SMILES string of the molecule is C#CCN(Cc1cnc2nc(C)cc(C)n12)CC1CC1. The lowest BCUT2D eigenvalue weighted by atomic mass is 10.3. The summed E-state index contributed by atoms with van der Waals surface area (Å²) in [5.41, 5.74) is 3.35. The highest BCUT2D eigenvalue weighted by Gasteiger charge is 2.24. The largest absolute Gasteiger partial charge is 0.286 e. The van der Waals surface area contributed by atoms with E-state index in [2.05, 4.69) is 38.2 Å². The van der Waals surface area contributed by atoms with Crippen LogP contribution >= 0.6 is 0 Å². The monoisotopic (exact) mass is 268 g/mol. The van der Waals surface area contributed by atoms with Gasteiger partial charge in [-0.05, 0) is 38.7 Å². The first-order valence-corrected chi connectivity index (χ1v) is 7.14. The van der Waals surface area contributed by atoms with Gasteiger partial charge in [0.1, 0.15) is 0 Å². The Kier molecular flexibility index (Phi) is 3.45. The quantitative estimate of drug-likeness (QED) is 0.779. The zero-order chi connectivity index (χ0) is 14.1. The highest BCUT2D eigenvalue weighted by atomic mass is 15.2. The Morgan fingerprint density at radius 1 is 1.45 bits per heavy atom. The van der Waals surface area contributed by atoms with Crippen LogP contribution in [0.5, 0.6) is 0 Å². The molecule has 20 heavy (non-hydrogen) atoms. The molecule has 2 heterocycles. The van der Waals surface area contributed by atoms with Crippen LogP contribution in [0.25, 0.3) is 5.78 Å². The van der Waals surface area contributed by atoms with Gasteiger partial charge in [0.25, 0.3) is 0 Å². The number of hydrogen-bond acceptors (Lipinski definition) is 3. The van der Waals surface area contributed by atoms with Crippen LogP contribution in [0.2, 0.25) is 0 Å². The number of nitrogens with zero attached hydrogens (tertiary/aromatic N) is 4. The van der Waals surface area contributed by atoms with Gasteiger partial charge >= 0.3 is 0 Å². The van der Waals surface area contributed by atoms with Crippen LogP contribution in [0.3, 0.4) is 0 Å². The molecule has 4 nitrogen and oxygen atoms in total. The molecule has 1 aliphatic carbocycles. The Morgan fingerprint density at radius 3 is 2.95 bits per heavy atom. The van der Waals surface area contributed by atoms with E-state index < -0.39 is 0 Å². The maximum Gasteiger partial charge on any atom is 0.234 e. The van der Waals surface area contributed by atoms with Crippen molar-refractivity contribution in [2.24, 2.45) is 5.92 Å². The van der Waals surface area contributed by atoms with E-state index >= 15 is 0 Å². The van der Waals surface area contributed by atoms with Crippen molar-refractivity contribution in [1.29, 1.82) is 0 Å². The van der Waals surface area contributed by atoms with E-state index in [-0.39, 0.29) is 0 Å². The summed E-state index contributed by atoms with van der Waals surface area (Å²) in [6.45, 7) is 6.73. The summed E-state index contributed by atoms with van der Waals surface area (Å²) in [5, 5.41) is 0. The molecule has 0 aromatic carbocycles. The topological polar surface area (TPSA) is 33.4 Å².